The van der Waals surface area contributed by atoms with Gasteiger partial charge in [-0.05, 0) is 78.6 Å². The lowest BCUT2D eigenvalue weighted by atomic mass is 9.88. The topological polar surface area (TPSA) is 73.9 Å². The van der Waals surface area contributed by atoms with Gasteiger partial charge in [0, 0.05) is 36.6 Å². The highest BCUT2D eigenvalue weighted by molar-refractivity contribution is 5.76. The second-order valence-corrected chi connectivity index (χ2v) is 10.5. The number of carbonyl (C=O) groups is 2. The standard InChI is InChI=1S/C32H34FNO5/c1-18-13-21(11-12-34-20(3)35)14-19(2)31(18)25-7-9-27(33)32-26(25)8-10-28(32)39-23-5-6-24-22(15-30(36)37-4)17-38-29(24)16-23/h5-7,9,13-14,16,22,28H,8,10-12,15,17H2,1-4H3,(H,34,35)/t22?,28-/m1/s1. The van der Waals surface area contributed by atoms with Crippen LogP contribution >= 0.6 is 0 Å². The van der Waals surface area contributed by atoms with Gasteiger partial charge in [-0.2, -0.15) is 0 Å². The molecule has 0 bridgehead atoms. The summed E-state index contributed by atoms with van der Waals surface area (Å²) < 4.78 is 32.2. The third-order valence-electron chi connectivity index (χ3n) is 7.72. The molecule has 0 saturated heterocycles. The molecule has 1 aliphatic carbocycles. The van der Waals surface area contributed by atoms with Crippen LogP contribution < -0.4 is 14.8 Å². The Bertz CT molecular complexity index is 1410. The van der Waals surface area contributed by atoms with Gasteiger partial charge in [0.1, 0.15) is 23.4 Å². The summed E-state index contributed by atoms with van der Waals surface area (Å²) in [6.45, 7) is 6.70. The van der Waals surface area contributed by atoms with Gasteiger partial charge in [-0.1, -0.05) is 24.3 Å². The molecule has 1 heterocycles. The Morgan fingerprint density at radius 2 is 1.87 bits per heavy atom. The molecule has 1 amide bonds. The van der Waals surface area contributed by atoms with E-state index in [0.29, 0.717) is 36.6 Å². The van der Waals surface area contributed by atoms with E-state index in [9.17, 15) is 9.59 Å². The maximum absolute atomic E-state index is 15.3. The zero-order valence-electron chi connectivity index (χ0n) is 22.9. The zero-order valence-corrected chi connectivity index (χ0v) is 22.9. The Balaban J connectivity index is 1.38. The summed E-state index contributed by atoms with van der Waals surface area (Å²) in [7, 11) is 1.38. The van der Waals surface area contributed by atoms with Crippen molar-refractivity contribution in [2.24, 2.45) is 0 Å². The number of halogens is 1. The van der Waals surface area contributed by atoms with Crippen LogP contribution in [0.25, 0.3) is 11.1 Å². The number of amides is 1. The van der Waals surface area contributed by atoms with Crippen LogP contribution in [-0.4, -0.2) is 32.1 Å². The largest absolute Gasteiger partial charge is 0.492 e. The van der Waals surface area contributed by atoms with Gasteiger partial charge in [-0.3, -0.25) is 9.59 Å². The number of benzene rings is 3. The molecule has 0 aromatic heterocycles. The van der Waals surface area contributed by atoms with Gasteiger partial charge in [0.2, 0.25) is 5.91 Å². The molecular formula is C32H34FNO5. The molecule has 0 spiro atoms. The highest BCUT2D eigenvalue weighted by Crippen LogP contribution is 2.45. The van der Waals surface area contributed by atoms with Crippen LogP contribution in [0.2, 0.25) is 0 Å². The molecule has 1 N–H and O–H groups in total. The molecule has 0 radical (unpaired) electrons. The SMILES string of the molecule is COC(=O)CC1COc2cc(O[C@@H]3CCc4c(-c5c(C)cc(CCNC(C)=O)cc5C)ccc(F)c43)ccc21. The fourth-order valence-electron chi connectivity index (χ4n) is 5.98. The summed E-state index contributed by atoms with van der Waals surface area (Å²) in [6, 6.07) is 13.4. The Morgan fingerprint density at radius 3 is 2.59 bits per heavy atom. The molecule has 0 saturated carbocycles. The number of methoxy groups -OCH3 is 1. The summed E-state index contributed by atoms with van der Waals surface area (Å²) in [5.41, 5.74) is 8.15. The number of nitrogens with one attached hydrogen (secondary N) is 1. The normalized spacial score (nSPS) is 17.3. The fraction of sp³-hybridized carbons (Fsp3) is 0.375. The lowest BCUT2D eigenvalue weighted by molar-refractivity contribution is -0.141. The van der Waals surface area contributed by atoms with Crippen LogP contribution in [0.3, 0.4) is 0 Å². The van der Waals surface area contributed by atoms with Crippen molar-refractivity contribution in [3.05, 3.63) is 81.7 Å². The molecular weight excluding hydrogens is 497 g/mol. The molecule has 6 nitrogen and oxygen atoms in total. The Morgan fingerprint density at radius 1 is 1.10 bits per heavy atom. The van der Waals surface area contributed by atoms with E-state index in [1.54, 1.807) is 6.07 Å². The van der Waals surface area contributed by atoms with Gasteiger partial charge in [-0.25, -0.2) is 4.39 Å². The van der Waals surface area contributed by atoms with E-state index in [1.807, 2.05) is 24.3 Å². The van der Waals surface area contributed by atoms with Crippen molar-refractivity contribution in [1.29, 1.82) is 0 Å². The maximum atomic E-state index is 15.3. The number of carbonyl (C=O) groups excluding carboxylic acids is 2. The summed E-state index contributed by atoms with van der Waals surface area (Å²) in [5, 5.41) is 2.85. The quantitative estimate of drug-likeness (QED) is 0.367. The molecule has 39 heavy (non-hydrogen) atoms. The van der Waals surface area contributed by atoms with Crippen LogP contribution in [0.1, 0.15) is 65.2 Å². The van der Waals surface area contributed by atoms with Crippen LogP contribution in [0.5, 0.6) is 11.5 Å². The molecule has 3 aromatic rings. The first kappa shape index (κ1) is 26.7. The minimum atomic E-state index is -0.400. The van der Waals surface area contributed by atoms with Crippen molar-refractivity contribution in [1.82, 2.24) is 5.32 Å². The summed E-state index contributed by atoms with van der Waals surface area (Å²) in [4.78, 5) is 22.9. The molecule has 7 heteroatoms. The molecule has 0 fully saturated rings. The number of aryl methyl sites for hydroxylation is 2. The van der Waals surface area contributed by atoms with Crippen molar-refractivity contribution in [2.75, 3.05) is 20.3 Å². The highest BCUT2D eigenvalue weighted by Gasteiger charge is 2.32. The number of fused-ring (bicyclic) bond motifs is 2. The molecule has 2 aliphatic rings. The lowest BCUT2D eigenvalue weighted by Crippen LogP contribution is -2.22. The minimum Gasteiger partial charge on any atom is -0.492 e. The van der Waals surface area contributed by atoms with Gasteiger partial charge >= 0.3 is 5.97 Å². The molecule has 2 atom stereocenters. The Hall–Kier alpha value is -3.87. The maximum Gasteiger partial charge on any atom is 0.306 e. The van der Waals surface area contributed by atoms with Gasteiger partial charge < -0.3 is 19.5 Å². The number of rotatable bonds is 8. The van der Waals surface area contributed by atoms with Crippen molar-refractivity contribution in [3.8, 4) is 22.6 Å². The van der Waals surface area contributed by atoms with Crippen molar-refractivity contribution >= 4 is 11.9 Å². The van der Waals surface area contributed by atoms with Crippen LogP contribution in [0.4, 0.5) is 4.39 Å². The number of ether oxygens (including phenoxy) is 3. The monoisotopic (exact) mass is 531 g/mol. The summed E-state index contributed by atoms with van der Waals surface area (Å²) >= 11 is 0. The first-order valence-electron chi connectivity index (χ1n) is 13.4. The lowest BCUT2D eigenvalue weighted by Gasteiger charge is -2.19. The van der Waals surface area contributed by atoms with Crippen molar-refractivity contribution < 1.29 is 28.2 Å². The Labute approximate surface area is 228 Å². The first-order chi connectivity index (χ1) is 18.7. The molecule has 1 aliphatic heterocycles. The van der Waals surface area contributed by atoms with E-state index >= 15 is 4.39 Å². The second kappa shape index (κ2) is 11.1. The van der Waals surface area contributed by atoms with Gasteiger partial charge in [0.05, 0.1) is 20.1 Å². The smallest absolute Gasteiger partial charge is 0.306 e. The van der Waals surface area contributed by atoms with Crippen molar-refractivity contribution in [2.45, 2.75) is 58.5 Å². The minimum absolute atomic E-state index is 0.0334. The summed E-state index contributed by atoms with van der Waals surface area (Å²) in [5.74, 6) is 0.709. The van der Waals surface area contributed by atoms with E-state index in [0.717, 1.165) is 51.8 Å². The molecule has 5 rings (SSSR count). The third-order valence-corrected chi connectivity index (χ3v) is 7.72. The van der Waals surface area contributed by atoms with E-state index in [2.05, 4.69) is 31.3 Å². The van der Waals surface area contributed by atoms with Crippen molar-refractivity contribution in [3.63, 3.8) is 0 Å². The van der Waals surface area contributed by atoms with Crippen LogP contribution in [0.15, 0.2) is 42.5 Å². The van der Waals surface area contributed by atoms with Gasteiger partial charge in [-0.15, -0.1) is 0 Å². The zero-order chi connectivity index (χ0) is 27.7. The highest BCUT2D eigenvalue weighted by atomic mass is 19.1. The fourth-order valence-corrected chi connectivity index (χ4v) is 5.98. The van der Waals surface area contributed by atoms with E-state index in [-0.39, 0.29) is 30.0 Å². The van der Waals surface area contributed by atoms with Gasteiger partial charge in [0.15, 0.2) is 0 Å². The number of hydrogen-bond donors (Lipinski definition) is 1. The molecule has 204 valence electrons. The summed E-state index contributed by atoms with van der Waals surface area (Å²) in [6.07, 6.45) is 2.02. The number of esters is 1. The Kier molecular flexibility index (Phi) is 7.60. The van der Waals surface area contributed by atoms with E-state index < -0.39 is 6.10 Å². The van der Waals surface area contributed by atoms with E-state index in [4.69, 9.17) is 14.2 Å². The molecule has 3 aromatic carbocycles. The molecule has 1 unspecified atom stereocenters. The van der Waals surface area contributed by atoms with Crippen LogP contribution in [0, 0.1) is 19.7 Å². The average molecular weight is 532 g/mol. The predicted octanol–water partition coefficient (Wildman–Crippen LogP) is 5.89. The van der Waals surface area contributed by atoms with Crippen LogP contribution in [-0.2, 0) is 27.2 Å². The average Bonchev–Trinajstić information content (AvgIpc) is 3.49. The number of hydrogen-bond acceptors (Lipinski definition) is 5. The first-order valence-corrected chi connectivity index (χ1v) is 13.4. The predicted molar refractivity (Wildman–Crippen MR) is 147 cm³/mol. The second-order valence-electron chi connectivity index (χ2n) is 10.5. The van der Waals surface area contributed by atoms with Gasteiger partial charge in [0.25, 0.3) is 0 Å². The van der Waals surface area contributed by atoms with E-state index in [1.165, 1.54) is 14.0 Å². The third kappa shape index (κ3) is 5.49.